The number of rotatable bonds is 11. The fraction of sp³-hybridized carbons (Fsp3) is 0.393. The van der Waals surface area contributed by atoms with E-state index in [1.807, 2.05) is 24.3 Å². The van der Waals surface area contributed by atoms with Crippen molar-refractivity contribution in [2.24, 2.45) is 11.8 Å². The first kappa shape index (κ1) is 24.5. The molecule has 7 heteroatoms. The second kappa shape index (κ2) is 11.2. The molecule has 2 aliphatic rings. The van der Waals surface area contributed by atoms with Crippen LogP contribution in [0.4, 0.5) is 4.79 Å². The van der Waals surface area contributed by atoms with Crippen LogP contribution in [0.25, 0.3) is 11.1 Å². The summed E-state index contributed by atoms with van der Waals surface area (Å²) in [6.07, 6.45) is 4.61. The molecule has 0 heterocycles. The summed E-state index contributed by atoms with van der Waals surface area (Å²) in [6, 6.07) is 15.3. The van der Waals surface area contributed by atoms with Crippen LogP contribution in [0.2, 0.25) is 0 Å². The number of hydrogen-bond donors (Lipinski definition) is 3. The van der Waals surface area contributed by atoms with Crippen LogP contribution >= 0.6 is 0 Å². The summed E-state index contributed by atoms with van der Waals surface area (Å²) < 4.78 is 5.59. The van der Waals surface area contributed by atoms with Crippen molar-refractivity contribution in [3.8, 4) is 11.1 Å². The maximum absolute atomic E-state index is 12.9. The number of amides is 2. The Kier molecular flexibility index (Phi) is 7.85. The summed E-state index contributed by atoms with van der Waals surface area (Å²) in [6.45, 7) is 3.92. The summed E-state index contributed by atoms with van der Waals surface area (Å²) in [5.74, 6) is -1.82. The van der Waals surface area contributed by atoms with Gasteiger partial charge < -0.3 is 20.5 Å². The molecule has 2 aliphatic carbocycles. The molecule has 2 atom stereocenters. The van der Waals surface area contributed by atoms with Gasteiger partial charge in [-0.3, -0.25) is 4.79 Å². The summed E-state index contributed by atoms with van der Waals surface area (Å²) in [5.41, 5.74) is 4.58. The van der Waals surface area contributed by atoms with Crippen LogP contribution in [0.3, 0.4) is 0 Å². The molecule has 3 N–H and O–H groups in total. The molecule has 2 aromatic carbocycles. The maximum Gasteiger partial charge on any atom is 0.407 e. The minimum absolute atomic E-state index is 0.0416. The van der Waals surface area contributed by atoms with E-state index in [1.54, 1.807) is 6.08 Å². The van der Waals surface area contributed by atoms with Crippen LogP contribution in [0, 0.1) is 11.8 Å². The van der Waals surface area contributed by atoms with Gasteiger partial charge in [-0.25, -0.2) is 9.59 Å². The van der Waals surface area contributed by atoms with Crippen LogP contribution in [-0.4, -0.2) is 42.3 Å². The molecule has 0 aromatic heterocycles. The molecule has 0 aliphatic heterocycles. The van der Waals surface area contributed by atoms with Gasteiger partial charge in [0.1, 0.15) is 12.6 Å². The fourth-order valence-electron chi connectivity index (χ4n) is 4.98. The van der Waals surface area contributed by atoms with E-state index in [4.69, 9.17) is 4.74 Å². The monoisotopic (exact) mass is 476 g/mol. The third kappa shape index (κ3) is 5.56. The Labute approximate surface area is 205 Å². The van der Waals surface area contributed by atoms with Crippen molar-refractivity contribution >= 4 is 18.0 Å². The van der Waals surface area contributed by atoms with Gasteiger partial charge in [0.2, 0.25) is 5.91 Å². The quantitative estimate of drug-likeness (QED) is 0.415. The van der Waals surface area contributed by atoms with Gasteiger partial charge in [0.15, 0.2) is 0 Å². The van der Waals surface area contributed by atoms with Gasteiger partial charge in [-0.2, -0.15) is 0 Å². The zero-order chi connectivity index (χ0) is 24.8. The van der Waals surface area contributed by atoms with E-state index in [0.29, 0.717) is 6.42 Å². The molecule has 2 aromatic rings. The number of alkyl carbamates (subject to hydrolysis) is 1. The van der Waals surface area contributed by atoms with Gasteiger partial charge in [0, 0.05) is 12.5 Å². The Balaban J connectivity index is 1.34. The van der Waals surface area contributed by atoms with E-state index in [9.17, 15) is 19.5 Å². The molecule has 2 unspecified atom stereocenters. The molecule has 1 fully saturated rings. The molecular formula is C28H32N2O5. The van der Waals surface area contributed by atoms with Gasteiger partial charge in [-0.05, 0) is 53.9 Å². The topological polar surface area (TPSA) is 105 Å². The van der Waals surface area contributed by atoms with Gasteiger partial charge >= 0.3 is 12.1 Å². The fourth-order valence-corrected chi connectivity index (χ4v) is 4.98. The predicted octanol–water partition coefficient (Wildman–Crippen LogP) is 4.48. The first-order chi connectivity index (χ1) is 17.0. The van der Waals surface area contributed by atoms with Crippen LogP contribution < -0.4 is 10.6 Å². The van der Waals surface area contributed by atoms with Crippen molar-refractivity contribution < 1.29 is 24.2 Å². The molecule has 35 heavy (non-hydrogen) atoms. The first-order valence-corrected chi connectivity index (χ1v) is 12.2. The van der Waals surface area contributed by atoms with Gasteiger partial charge in [0.05, 0.1) is 5.92 Å². The number of carboxylic acid groups (broad SMARTS) is 1. The number of carboxylic acids is 1. The van der Waals surface area contributed by atoms with E-state index in [-0.39, 0.29) is 37.3 Å². The zero-order valence-electron chi connectivity index (χ0n) is 19.7. The van der Waals surface area contributed by atoms with E-state index in [0.717, 1.165) is 41.5 Å². The molecule has 4 rings (SSSR count). The highest BCUT2D eigenvalue weighted by molar-refractivity contribution is 5.85. The number of hydrogen-bond acceptors (Lipinski definition) is 4. The van der Waals surface area contributed by atoms with Crippen LogP contribution in [-0.2, 0) is 14.3 Å². The van der Waals surface area contributed by atoms with Gasteiger partial charge in [-0.15, -0.1) is 6.58 Å². The Morgan fingerprint density at radius 1 is 1.06 bits per heavy atom. The average Bonchev–Trinajstić information content (AvgIpc) is 3.15. The van der Waals surface area contributed by atoms with Crippen LogP contribution in [0.15, 0.2) is 61.2 Å². The standard InChI is InChI=1S/C28H32N2O5/c1-2-3-15-25(27(32)33)30-26(31)23(18-9-8-10-18)16-29-28(34)35-17-24-21-13-6-4-11-19(21)20-12-5-7-14-22(20)24/h2,4-7,11-14,18,23-25H,1,3,8-10,15-17H2,(H,29,34)(H,30,31)(H,32,33). The molecule has 7 nitrogen and oxygen atoms in total. The van der Waals surface area contributed by atoms with Crippen molar-refractivity contribution in [2.45, 2.75) is 44.1 Å². The lowest BCUT2D eigenvalue weighted by molar-refractivity contribution is -0.143. The maximum atomic E-state index is 12.9. The molecule has 0 bridgehead atoms. The first-order valence-electron chi connectivity index (χ1n) is 12.2. The van der Waals surface area contributed by atoms with E-state index >= 15 is 0 Å². The Bertz CT molecular complexity index is 1050. The number of allylic oxidation sites excluding steroid dienone is 1. The Morgan fingerprint density at radius 3 is 2.23 bits per heavy atom. The van der Waals surface area contributed by atoms with Crippen molar-refractivity contribution in [3.05, 3.63) is 72.3 Å². The third-order valence-corrected chi connectivity index (χ3v) is 7.14. The van der Waals surface area contributed by atoms with Gasteiger partial charge in [0.25, 0.3) is 0 Å². The predicted molar refractivity (Wildman–Crippen MR) is 133 cm³/mol. The molecule has 184 valence electrons. The third-order valence-electron chi connectivity index (χ3n) is 7.14. The van der Waals surface area contributed by atoms with E-state index in [1.165, 1.54) is 0 Å². The minimum Gasteiger partial charge on any atom is -0.480 e. The second-order valence-electron chi connectivity index (χ2n) is 9.27. The number of carbonyl (C=O) groups is 3. The molecule has 2 amide bonds. The lowest BCUT2D eigenvalue weighted by Crippen LogP contribution is -2.49. The SMILES string of the molecule is C=CCCC(NC(=O)C(CNC(=O)OCC1c2ccccc2-c2ccccc21)C1CCC1)C(=O)O. The number of aliphatic carboxylic acids is 1. The summed E-state index contributed by atoms with van der Waals surface area (Å²) in [5, 5.41) is 14.8. The Morgan fingerprint density at radius 2 is 1.69 bits per heavy atom. The highest BCUT2D eigenvalue weighted by atomic mass is 16.5. The number of benzene rings is 2. The highest BCUT2D eigenvalue weighted by Gasteiger charge is 2.35. The molecule has 0 saturated heterocycles. The van der Waals surface area contributed by atoms with E-state index < -0.39 is 24.0 Å². The number of fused-ring (bicyclic) bond motifs is 3. The molecule has 1 saturated carbocycles. The second-order valence-corrected chi connectivity index (χ2v) is 9.27. The van der Waals surface area contributed by atoms with Crippen LogP contribution in [0.5, 0.6) is 0 Å². The highest BCUT2D eigenvalue weighted by Crippen LogP contribution is 2.44. The summed E-state index contributed by atoms with van der Waals surface area (Å²) >= 11 is 0. The zero-order valence-corrected chi connectivity index (χ0v) is 19.7. The van der Waals surface area contributed by atoms with Crippen molar-refractivity contribution in [3.63, 3.8) is 0 Å². The lowest BCUT2D eigenvalue weighted by atomic mass is 9.75. The average molecular weight is 477 g/mol. The van der Waals surface area contributed by atoms with Crippen LogP contribution in [0.1, 0.15) is 49.1 Å². The Hall–Kier alpha value is -3.61. The molecule has 0 spiro atoms. The number of carbonyl (C=O) groups excluding carboxylic acids is 2. The molecule has 0 radical (unpaired) electrons. The largest absolute Gasteiger partial charge is 0.480 e. The van der Waals surface area contributed by atoms with E-state index in [2.05, 4.69) is 41.5 Å². The van der Waals surface area contributed by atoms with Crippen molar-refractivity contribution in [2.75, 3.05) is 13.2 Å². The number of ether oxygens (including phenoxy) is 1. The van der Waals surface area contributed by atoms with Crippen molar-refractivity contribution in [1.82, 2.24) is 10.6 Å². The summed E-state index contributed by atoms with van der Waals surface area (Å²) in [4.78, 5) is 37.0. The minimum atomic E-state index is -1.07. The molecular weight excluding hydrogens is 444 g/mol. The number of nitrogens with one attached hydrogen (secondary N) is 2. The summed E-state index contributed by atoms with van der Waals surface area (Å²) in [7, 11) is 0. The van der Waals surface area contributed by atoms with Crippen molar-refractivity contribution in [1.29, 1.82) is 0 Å². The lowest BCUT2D eigenvalue weighted by Gasteiger charge is -2.33. The normalized spacial score (nSPS) is 16.2. The smallest absolute Gasteiger partial charge is 0.407 e. The van der Waals surface area contributed by atoms with Gasteiger partial charge in [-0.1, -0.05) is 61.0 Å².